The molecule has 1 nitrogen and oxygen atoms in total. The second kappa shape index (κ2) is 8.86. The van der Waals surface area contributed by atoms with E-state index >= 15 is 0 Å². The molecule has 15 heavy (non-hydrogen) atoms. The minimum absolute atomic E-state index is 0.845. The summed E-state index contributed by atoms with van der Waals surface area (Å²) in [6, 6.07) is 11.5. The van der Waals surface area contributed by atoms with E-state index in [0.29, 0.717) is 0 Å². The van der Waals surface area contributed by atoms with Gasteiger partial charge in [-0.3, -0.25) is 0 Å². The lowest BCUT2D eigenvalue weighted by Crippen LogP contribution is -1.98. The summed E-state index contributed by atoms with van der Waals surface area (Å²) in [5, 5.41) is 0. The van der Waals surface area contributed by atoms with Crippen LogP contribution in [0.25, 0.3) is 0 Å². The smallest absolute Gasteiger partial charge is 0.119 e. The van der Waals surface area contributed by atoms with Gasteiger partial charge >= 0.3 is 0 Å². The minimum atomic E-state index is 0.845. The molecule has 0 atom stereocenters. The molecular formula is C12H20OSSi. The van der Waals surface area contributed by atoms with Crippen LogP contribution in [-0.2, 0) is 0 Å². The van der Waals surface area contributed by atoms with Crippen LogP contribution in [0.4, 0.5) is 0 Å². The third kappa shape index (κ3) is 6.63. The molecule has 0 saturated carbocycles. The van der Waals surface area contributed by atoms with Crippen LogP contribution in [0.15, 0.2) is 30.3 Å². The first kappa shape index (κ1) is 12.7. The minimum Gasteiger partial charge on any atom is -0.494 e. The maximum Gasteiger partial charge on any atom is 0.119 e. The molecule has 0 bridgehead atoms. The highest BCUT2D eigenvalue weighted by molar-refractivity contribution is 7.99. The van der Waals surface area contributed by atoms with Gasteiger partial charge in [-0.05, 0) is 36.5 Å². The Morgan fingerprint density at radius 1 is 1.07 bits per heavy atom. The van der Waals surface area contributed by atoms with Gasteiger partial charge in [-0.1, -0.05) is 24.2 Å². The topological polar surface area (TPSA) is 9.23 Å². The summed E-state index contributed by atoms with van der Waals surface area (Å²) in [6.45, 7) is 0.845. The Morgan fingerprint density at radius 2 is 1.80 bits per heavy atom. The SMILES string of the molecule is [SiH3]CCCSCCCOc1ccccc1. The van der Waals surface area contributed by atoms with Crippen molar-refractivity contribution in [3.05, 3.63) is 30.3 Å². The van der Waals surface area contributed by atoms with Gasteiger partial charge in [0.15, 0.2) is 0 Å². The summed E-state index contributed by atoms with van der Waals surface area (Å²) < 4.78 is 5.61. The van der Waals surface area contributed by atoms with Crippen molar-refractivity contribution in [1.29, 1.82) is 0 Å². The Balaban J connectivity index is 1.93. The van der Waals surface area contributed by atoms with Gasteiger partial charge in [-0.2, -0.15) is 11.8 Å². The Labute approximate surface area is 100 Å². The fourth-order valence-corrected chi connectivity index (χ4v) is 3.10. The third-order valence-corrected chi connectivity index (χ3v) is 3.95. The van der Waals surface area contributed by atoms with Crippen LogP contribution in [0.5, 0.6) is 5.75 Å². The number of ether oxygens (including phenoxy) is 1. The molecule has 0 aliphatic rings. The molecule has 3 heteroatoms. The summed E-state index contributed by atoms with van der Waals surface area (Å²) in [4.78, 5) is 0. The van der Waals surface area contributed by atoms with E-state index < -0.39 is 0 Å². The maximum absolute atomic E-state index is 5.61. The van der Waals surface area contributed by atoms with Crippen LogP contribution in [0, 0.1) is 0 Å². The highest BCUT2D eigenvalue weighted by Crippen LogP contribution is 2.10. The molecule has 1 rings (SSSR count). The van der Waals surface area contributed by atoms with Gasteiger partial charge in [0.2, 0.25) is 0 Å². The normalized spacial score (nSPS) is 10.4. The number of hydrogen-bond donors (Lipinski definition) is 0. The molecule has 84 valence electrons. The maximum atomic E-state index is 5.61. The van der Waals surface area contributed by atoms with E-state index in [0.717, 1.165) is 18.8 Å². The van der Waals surface area contributed by atoms with Crippen molar-refractivity contribution in [2.75, 3.05) is 18.1 Å². The van der Waals surface area contributed by atoms with Crippen molar-refractivity contribution < 1.29 is 4.74 Å². The van der Waals surface area contributed by atoms with Crippen molar-refractivity contribution in [3.63, 3.8) is 0 Å². The zero-order valence-corrected chi connectivity index (χ0v) is 12.3. The Morgan fingerprint density at radius 3 is 2.53 bits per heavy atom. The summed E-state index contributed by atoms with van der Waals surface area (Å²) in [5.41, 5.74) is 0. The van der Waals surface area contributed by atoms with E-state index in [2.05, 4.69) is 11.8 Å². The lowest BCUT2D eigenvalue weighted by atomic mass is 10.3. The fraction of sp³-hybridized carbons (Fsp3) is 0.500. The summed E-state index contributed by atoms with van der Waals surface area (Å²) in [6.07, 6.45) is 2.55. The molecule has 0 amide bonds. The van der Waals surface area contributed by atoms with Gasteiger partial charge in [0, 0.05) is 10.2 Å². The van der Waals surface area contributed by atoms with Crippen LogP contribution in [0.1, 0.15) is 12.8 Å². The highest BCUT2D eigenvalue weighted by atomic mass is 32.2. The molecule has 0 spiro atoms. The first-order chi connectivity index (χ1) is 7.43. The Bertz CT molecular complexity index is 241. The number of rotatable bonds is 8. The predicted molar refractivity (Wildman–Crippen MR) is 73.2 cm³/mol. The third-order valence-electron chi connectivity index (χ3n) is 2.09. The number of hydrogen-bond acceptors (Lipinski definition) is 2. The quantitative estimate of drug-likeness (QED) is 0.510. The van der Waals surface area contributed by atoms with Gasteiger partial charge in [0.1, 0.15) is 5.75 Å². The van der Waals surface area contributed by atoms with E-state index in [9.17, 15) is 0 Å². The van der Waals surface area contributed by atoms with Gasteiger partial charge in [-0.25, -0.2) is 0 Å². The molecule has 0 aliphatic carbocycles. The van der Waals surface area contributed by atoms with Crippen molar-refractivity contribution in [2.24, 2.45) is 0 Å². The van der Waals surface area contributed by atoms with Crippen LogP contribution in [0.2, 0.25) is 6.04 Å². The van der Waals surface area contributed by atoms with E-state index in [1.165, 1.54) is 34.2 Å². The van der Waals surface area contributed by atoms with E-state index in [-0.39, 0.29) is 0 Å². The number of thioether (sulfide) groups is 1. The first-order valence-electron chi connectivity index (χ1n) is 5.69. The Hall–Kier alpha value is -0.413. The monoisotopic (exact) mass is 240 g/mol. The molecule has 0 fully saturated rings. The van der Waals surface area contributed by atoms with Crippen molar-refractivity contribution in [2.45, 2.75) is 18.9 Å². The Kier molecular flexibility index (Phi) is 7.48. The lowest BCUT2D eigenvalue weighted by molar-refractivity contribution is 0.319. The van der Waals surface area contributed by atoms with Gasteiger partial charge in [0.25, 0.3) is 0 Å². The van der Waals surface area contributed by atoms with E-state index in [4.69, 9.17) is 4.74 Å². The first-order valence-corrected chi connectivity index (χ1v) is 8.26. The summed E-state index contributed by atoms with van der Waals surface area (Å²) >= 11 is 2.06. The molecule has 1 aromatic carbocycles. The second-order valence-electron chi connectivity index (χ2n) is 3.48. The van der Waals surface area contributed by atoms with E-state index in [1.807, 2.05) is 30.3 Å². The zero-order chi connectivity index (χ0) is 10.8. The van der Waals surface area contributed by atoms with Crippen LogP contribution in [-0.4, -0.2) is 28.4 Å². The fourth-order valence-electron chi connectivity index (χ4n) is 1.22. The molecular weight excluding hydrogens is 220 g/mol. The molecule has 0 heterocycles. The largest absolute Gasteiger partial charge is 0.494 e. The number of para-hydroxylation sites is 1. The second-order valence-corrected chi connectivity index (χ2v) is 5.71. The summed E-state index contributed by atoms with van der Waals surface area (Å²) in [5.74, 6) is 3.55. The lowest BCUT2D eigenvalue weighted by Gasteiger charge is -2.05. The molecule has 0 aliphatic heterocycles. The summed E-state index contributed by atoms with van der Waals surface area (Å²) in [7, 11) is 1.35. The average Bonchev–Trinajstić information content (AvgIpc) is 2.29. The van der Waals surface area contributed by atoms with Gasteiger partial charge < -0.3 is 4.74 Å². The zero-order valence-electron chi connectivity index (χ0n) is 9.45. The van der Waals surface area contributed by atoms with Gasteiger partial charge in [0.05, 0.1) is 6.61 Å². The average molecular weight is 240 g/mol. The highest BCUT2D eigenvalue weighted by Gasteiger charge is 1.92. The van der Waals surface area contributed by atoms with Crippen molar-refractivity contribution in [3.8, 4) is 5.75 Å². The van der Waals surface area contributed by atoms with Crippen LogP contribution in [0.3, 0.4) is 0 Å². The van der Waals surface area contributed by atoms with Crippen LogP contribution >= 0.6 is 11.8 Å². The molecule has 1 aromatic rings. The molecule has 0 radical (unpaired) electrons. The molecule has 0 saturated heterocycles. The molecule has 0 unspecified atom stereocenters. The molecule has 0 N–H and O–H groups in total. The van der Waals surface area contributed by atoms with E-state index in [1.54, 1.807) is 0 Å². The number of benzene rings is 1. The van der Waals surface area contributed by atoms with Crippen molar-refractivity contribution in [1.82, 2.24) is 0 Å². The van der Waals surface area contributed by atoms with Crippen molar-refractivity contribution >= 4 is 22.0 Å². The standard InChI is InChI=1S/C12H20OSSi/c15-11-5-10-14-9-4-8-13-12-6-2-1-3-7-12/h1-3,6-7H,4-5,8-11H2,15H3. The molecule has 0 aromatic heterocycles. The van der Waals surface area contributed by atoms with Gasteiger partial charge in [-0.15, -0.1) is 0 Å². The predicted octanol–water partition coefficient (Wildman–Crippen LogP) is 2.36. The van der Waals surface area contributed by atoms with Crippen LogP contribution < -0.4 is 4.74 Å².